The quantitative estimate of drug-likeness (QED) is 0.0768. The van der Waals surface area contributed by atoms with Gasteiger partial charge in [-0.25, -0.2) is 4.79 Å². The summed E-state index contributed by atoms with van der Waals surface area (Å²) in [5.41, 5.74) is 14.1. The van der Waals surface area contributed by atoms with Crippen LogP contribution >= 0.6 is 0 Å². The minimum absolute atomic E-state index is 0.0459. The number of aromatic nitrogens is 2. The van der Waals surface area contributed by atoms with Crippen LogP contribution in [0, 0.1) is 0 Å². The van der Waals surface area contributed by atoms with Crippen LogP contribution in [-0.4, -0.2) is 79.9 Å². The maximum atomic E-state index is 13.7. The first kappa shape index (κ1) is 34.2. The zero-order chi connectivity index (χ0) is 34.1. The molecule has 4 unspecified atom stereocenters. The van der Waals surface area contributed by atoms with Crippen LogP contribution in [0.2, 0.25) is 0 Å². The number of nitrogens with one attached hydrogen (secondary N) is 5. The third-order valence-corrected chi connectivity index (χ3v) is 7.76. The Morgan fingerprint density at radius 2 is 1.15 bits per heavy atom. The molecular weight excluding hydrogens is 610 g/mol. The molecule has 0 saturated heterocycles. The van der Waals surface area contributed by atoms with Crippen molar-refractivity contribution in [3.05, 3.63) is 72.1 Å². The Hall–Kier alpha value is -5.70. The molecule has 2 aromatic carbocycles. The number of rotatable bonds is 17. The van der Waals surface area contributed by atoms with Crippen molar-refractivity contribution in [3.8, 4) is 0 Å². The fraction of sp³-hybridized carbons (Fsp3) is 0.312. The molecule has 4 atom stereocenters. The lowest BCUT2D eigenvalue weighted by Gasteiger charge is -2.25. The van der Waals surface area contributed by atoms with Gasteiger partial charge in [0.2, 0.25) is 23.6 Å². The minimum Gasteiger partial charge on any atom is -0.481 e. The molecule has 0 bridgehead atoms. The molecule has 4 rings (SSSR count). The van der Waals surface area contributed by atoms with Gasteiger partial charge in [0, 0.05) is 59.9 Å². The number of carboxylic acid groups (broad SMARTS) is 2. The Morgan fingerprint density at radius 3 is 1.68 bits per heavy atom. The van der Waals surface area contributed by atoms with Crippen molar-refractivity contribution in [2.24, 2.45) is 11.5 Å². The number of hydrogen-bond acceptors (Lipinski definition) is 7. The van der Waals surface area contributed by atoms with Crippen molar-refractivity contribution in [2.75, 3.05) is 0 Å². The summed E-state index contributed by atoms with van der Waals surface area (Å²) in [5.74, 6) is -5.69. The van der Waals surface area contributed by atoms with E-state index in [-0.39, 0.29) is 38.5 Å². The van der Waals surface area contributed by atoms with Crippen LogP contribution in [-0.2, 0) is 41.6 Å². The van der Waals surface area contributed by atoms with Crippen LogP contribution in [0.4, 0.5) is 0 Å². The topological polar surface area (TPSA) is 263 Å². The number of amides is 4. The Morgan fingerprint density at radius 1 is 0.660 bits per heavy atom. The second-order valence-corrected chi connectivity index (χ2v) is 11.2. The lowest BCUT2D eigenvalue weighted by Crippen LogP contribution is -2.58. The highest BCUT2D eigenvalue weighted by Crippen LogP contribution is 2.21. The maximum absolute atomic E-state index is 13.7. The van der Waals surface area contributed by atoms with Crippen molar-refractivity contribution in [2.45, 2.75) is 62.7 Å². The van der Waals surface area contributed by atoms with Crippen LogP contribution in [0.15, 0.2) is 60.9 Å². The van der Waals surface area contributed by atoms with Gasteiger partial charge < -0.3 is 47.6 Å². The number of primary amides is 1. The number of H-pyrrole nitrogens is 2. The third kappa shape index (κ3) is 9.17. The Labute approximate surface area is 268 Å². The van der Waals surface area contributed by atoms with Crippen molar-refractivity contribution in [1.82, 2.24) is 25.9 Å². The van der Waals surface area contributed by atoms with Crippen molar-refractivity contribution >= 4 is 57.4 Å². The molecule has 11 N–H and O–H groups in total. The predicted octanol–water partition coefficient (Wildman–Crippen LogP) is 0.431. The summed E-state index contributed by atoms with van der Waals surface area (Å²) in [6.45, 7) is 0. The number of carboxylic acids is 2. The summed E-state index contributed by atoms with van der Waals surface area (Å²) in [6.07, 6.45) is 2.09. The Bertz CT molecular complexity index is 1780. The van der Waals surface area contributed by atoms with Gasteiger partial charge in [0.05, 0.1) is 6.04 Å². The van der Waals surface area contributed by atoms with Crippen LogP contribution in [0.3, 0.4) is 0 Å². The standard InChI is InChI=1S/C32H37N7O8/c33-21(9-12-28(41)42)29(43)38-25(13-17-15-35-22-7-3-1-5-19(17)22)31(45)37-24(10-11-27(34)40)30(44)39-26(32(46)47)14-18-16-36-23-8-4-2-6-20(18)23/h1-8,15-16,21,24-26,35-36H,9-14,33H2,(H2,34,40)(H,37,45)(H,38,43)(H,39,44)(H,41,42)(H,46,47). The molecule has 0 saturated carbocycles. The fourth-order valence-corrected chi connectivity index (χ4v) is 5.24. The molecule has 0 fully saturated rings. The SMILES string of the molecule is NC(=O)CCC(NC(=O)C(Cc1c[nH]c2ccccc12)NC(=O)C(N)CCC(=O)O)C(=O)NC(Cc1c[nH]c2ccccc12)C(=O)O. The summed E-state index contributed by atoms with van der Waals surface area (Å²) in [5, 5.41) is 28.0. The van der Waals surface area contributed by atoms with Gasteiger partial charge in [0.15, 0.2) is 0 Å². The van der Waals surface area contributed by atoms with E-state index >= 15 is 0 Å². The number of aliphatic carboxylic acids is 2. The zero-order valence-corrected chi connectivity index (χ0v) is 25.3. The highest BCUT2D eigenvalue weighted by molar-refractivity contribution is 5.95. The van der Waals surface area contributed by atoms with Gasteiger partial charge in [-0.1, -0.05) is 36.4 Å². The fourth-order valence-electron chi connectivity index (χ4n) is 5.24. The van der Waals surface area contributed by atoms with E-state index in [1.165, 1.54) is 0 Å². The molecule has 15 nitrogen and oxygen atoms in total. The number of benzene rings is 2. The Kier molecular flexibility index (Phi) is 11.3. The molecule has 47 heavy (non-hydrogen) atoms. The maximum Gasteiger partial charge on any atom is 0.326 e. The average Bonchev–Trinajstić information content (AvgIpc) is 3.64. The number of aromatic amines is 2. The molecule has 0 aliphatic carbocycles. The van der Waals surface area contributed by atoms with Crippen molar-refractivity contribution < 1.29 is 39.0 Å². The number of fused-ring (bicyclic) bond motifs is 2. The van der Waals surface area contributed by atoms with Crippen molar-refractivity contribution in [1.29, 1.82) is 0 Å². The molecular formula is C32H37N7O8. The number of para-hydroxylation sites is 2. The van der Waals surface area contributed by atoms with E-state index < -0.39 is 59.7 Å². The van der Waals surface area contributed by atoms with Gasteiger partial charge in [-0.05, 0) is 36.1 Å². The van der Waals surface area contributed by atoms with Crippen LogP contribution in [0.5, 0.6) is 0 Å². The number of nitrogens with two attached hydrogens (primary N) is 2. The molecule has 0 aliphatic rings. The first-order valence-corrected chi connectivity index (χ1v) is 14.9. The van der Waals surface area contributed by atoms with E-state index in [2.05, 4.69) is 25.9 Å². The monoisotopic (exact) mass is 647 g/mol. The molecule has 248 valence electrons. The van der Waals surface area contributed by atoms with Crippen LogP contribution in [0.1, 0.15) is 36.8 Å². The van der Waals surface area contributed by atoms with Gasteiger partial charge in [0.25, 0.3) is 0 Å². The second kappa shape index (κ2) is 15.5. The molecule has 4 amide bonds. The zero-order valence-electron chi connectivity index (χ0n) is 25.3. The lowest BCUT2D eigenvalue weighted by atomic mass is 10.0. The number of hydrogen-bond donors (Lipinski definition) is 9. The summed E-state index contributed by atoms with van der Waals surface area (Å²) in [6, 6.07) is 9.22. The van der Waals surface area contributed by atoms with Gasteiger partial charge >= 0.3 is 11.9 Å². The average molecular weight is 648 g/mol. The molecule has 15 heteroatoms. The molecule has 4 aromatic rings. The normalized spacial score (nSPS) is 13.7. The highest BCUT2D eigenvalue weighted by atomic mass is 16.4. The van der Waals surface area contributed by atoms with Crippen LogP contribution < -0.4 is 27.4 Å². The molecule has 0 aliphatic heterocycles. The van der Waals surface area contributed by atoms with E-state index in [9.17, 15) is 33.9 Å². The van der Waals surface area contributed by atoms with Gasteiger partial charge in [-0.2, -0.15) is 0 Å². The van der Waals surface area contributed by atoms with E-state index in [1.807, 2.05) is 36.4 Å². The van der Waals surface area contributed by atoms with Gasteiger partial charge in [0.1, 0.15) is 18.1 Å². The Balaban J connectivity index is 1.55. The molecule has 0 spiro atoms. The molecule has 2 aromatic heterocycles. The van der Waals surface area contributed by atoms with Crippen molar-refractivity contribution in [3.63, 3.8) is 0 Å². The number of carbonyl (C=O) groups excluding carboxylic acids is 4. The first-order chi connectivity index (χ1) is 22.4. The summed E-state index contributed by atoms with van der Waals surface area (Å²) < 4.78 is 0. The molecule has 0 radical (unpaired) electrons. The summed E-state index contributed by atoms with van der Waals surface area (Å²) >= 11 is 0. The minimum atomic E-state index is -1.40. The summed E-state index contributed by atoms with van der Waals surface area (Å²) in [4.78, 5) is 81.1. The van der Waals surface area contributed by atoms with Gasteiger partial charge in [-0.15, -0.1) is 0 Å². The second-order valence-electron chi connectivity index (χ2n) is 11.2. The van der Waals surface area contributed by atoms with E-state index in [4.69, 9.17) is 16.6 Å². The third-order valence-electron chi connectivity index (χ3n) is 7.76. The lowest BCUT2D eigenvalue weighted by molar-refractivity contribution is -0.142. The van der Waals surface area contributed by atoms with Crippen LogP contribution in [0.25, 0.3) is 21.8 Å². The molecule has 2 heterocycles. The smallest absolute Gasteiger partial charge is 0.326 e. The van der Waals surface area contributed by atoms with E-state index in [1.54, 1.807) is 24.5 Å². The highest BCUT2D eigenvalue weighted by Gasteiger charge is 2.31. The van der Waals surface area contributed by atoms with E-state index in [0.29, 0.717) is 11.1 Å². The predicted molar refractivity (Wildman–Crippen MR) is 171 cm³/mol. The van der Waals surface area contributed by atoms with E-state index in [0.717, 1.165) is 21.8 Å². The summed E-state index contributed by atoms with van der Waals surface area (Å²) in [7, 11) is 0. The first-order valence-electron chi connectivity index (χ1n) is 14.9. The number of carbonyl (C=O) groups is 6. The largest absolute Gasteiger partial charge is 0.481 e. The van der Waals surface area contributed by atoms with Gasteiger partial charge in [-0.3, -0.25) is 24.0 Å².